The first kappa shape index (κ1) is 7.40. The molecule has 1 fully saturated rings. The normalized spacial score (nSPS) is 23.0. The Kier molecular flexibility index (Phi) is 1.64. The lowest BCUT2D eigenvalue weighted by molar-refractivity contribution is -0.133. The fraction of sp³-hybridized carbons (Fsp3) is 0.444. The van der Waals surface area contributed by atoms with E-state index in [0.717, 1.165) is 37.0 Å². The molecule has 1 heterocycles. The molecule has 0 spiro atoms. The second-order valence-electron chi connectivity index (χ2n) is 3.10. The number of amides is 1. The van der Waals surface area contributed by atoms with Crippen LogP contribution in [0.15, 0.2) is 16.6 Å². The molecule has 12 heavy (non-hydrogen) atoms. The molecular formula is C9H9NO2. The van der Waals surface area contributed by atoms with Gasteiger partial charge in [-0.2, -0.15) is 0 Å². The van der Waals surface area contributed by atoms with Crippen molar-refractivity contribution < 1.29 is 9.59 Å². The Morgan fingerprint density at radius 1 is 1.17 bits per heavy atom. The van der Waals surface area contributed by atoms with Gasteiger partial charge in [0.25, 0.3) is 0 Å². The molecule has 0 N–H and O–H groups in total. The number of hydrogen-bond acceptors (Lipinski definition) is 2. The summed E-state index contributed by atoms with van der Waals surface area (Å²) in [6, 6.07) is 0. The Balaban J connectivity index is 2.35. The van der Waals surface area contributed by atoms with Crippen LogP contribution in [0.3, 0.4) is 0 Å². The predicted molar refractivity (Wildman–Crippen MR) is 44.0 cm³/mol. The third-order valence-electron chi connectivity index (χ3n) is 2.23. The van der Waals surface area contributed by atoms with Crippen molar-refractivity contribution in [1.82, 2.24) is 0 Å². The van der Waals surface area contributed by atoms with E-state index in [2.05, 4.69) is 4.99 Å². The van der Waals surface area contributed by atoms with Crippen molar-refractivity contribution in [2.24, 2.45) is 4.99 Å². The molecule has 0 saturated heterocycles. The molecule has 0 aromatic carbocycles. The predicted octanol–water partition coefficient (Wildman–Crippen LogP) is 1.04. The summed E-state index contributed by atoms with van der Waals surface area (Å²) in [6.45, 7) is 0. The maximum absolute atomic E-state index is 10.9. The van der Waals surface area contributed by atoms with E-state index in [1.807, 2.05) is 0 Å². The third kappa shape index (κ3) is 1.11. The standard InChI is InChI=1S/C9H9NO2/c11-8-5-6-3-1-2-4-7(6)10-9(8)12/h5H,1-4H2. The summed E-state index contributed by atoms with van der Waals surface area (Å²) < 4.78 is 0. The highest BCUT2D eigenvalue weighted by molar-refractivity contribution is 6.45. The second kappa shape index (κ2) is 2.66. The first-order chi connectivity index (χ1) is 5.77. The fourth-order valence-electron chi connectivity index (χ4n) is 1.59. The van der Waals surface area contributed by atoms with E-state index in [-0.39, 0.29) is 0 Å². The molecule has 0 radical (unpaired) electrons. The van der Waals surface area contributed by atoms with Crippen LogP contribution < -0.4 is 0 Å². The summed E-state index contributed by atoms with van der Waals surface area (Å²) in [4.78, 5) is 25.5. The Morgan fingerprint density at radius 2 is 1.92 bits per heavy atom. The lowest BCUT2D eigenvalue weighted by atomic mass is 9.90. The number of rotatable bonds is 0. The first-order valence-corrected chi connectivity index (χ1v) is 4.14. The first-order valence-electron chi connectivity index (χ1n) is 4.14. The number of carbonyl (C=O) groups excluding carboxylic acids is 2. The number of hydrogen-bond donors (Lipinski definition) is 0. The van der Waals surface area contributed by atoms with E-state index >= 15 is 0 Å². The number of aliphatic imine (C=N–C) groups is 1. The van der Waals surface area contributed by atoms with Crippen LogP contribution in [0.25, 0.3) is 0 Å². The molecule has 0 aromatic rings. The highest BCUT2D eigenvalue weighted by atomic mass is 16.2. The number of dihydropyridines is 1. The topological polar surface area (TPSA) is 46.5 Å². The zero-order chi connectivity index (χ0) is 8.55. The van der Waals surface area contributed by atoms with Crippen LogP contribution in [0.1, 0.15) is 25.7 Å². The highest BCUT2D eigenvalue weighted by Gasteiger charge is 2.23. The molecule has 0 atom stereocenters. The largest absolute Gasteiger partial charge is 0.317 e. The summed E-state index contributed by atoms with van der Waals surface area (Å²) >= 11 is 0. The van der Waals surface area contributed by atoms with E-state index in [1.165, 1.54) is 6.08 Å². The molecule has 1 aliphatic heterocycles. The summed E-state index contributed by atoms with van der Waals surface area (Å²) in [5, 5.41) is 0. The molecule has 62 valence electrons. The van der Waals surface area contributed by atoms with Gasteiger partial charge < -0.3 is 0 Å². The SMILES string of the molecule is O=C1C=C2CCCCC2=NC1=O. The van der Waals surface area contributed by atoms with E-state index in [1.54, 1.807) is 0 Å². The maximum atomic E-state index is 10.9. The van der Waals surface area contributed by atoms with Crippen molar-refractivity contribution in [2.45, 2.75) is 25.7 Å². The number of nitrogens with zero attached hydrogens (tertiary/aromatic N) is 1. The van der Waals surface area contributed by atoms with Gasteiger partial charge in [-0.05, 0) is 37.3 Å². The Bertz CT molecular complexity index is 280. The van der Waals surface area contributed by atoms with Crippen LogP contribution in [0.2, 0.25) is 0 Å². The van der Waals surface area contributed by atoms with Gasteiger partial charge in [0, 0.05) is 5.71 Å². The van der Waals surface area contributed by atoms with Gasteiger partial charge >= 0.3 is 5.91 Å². The van der Waals surface area contributed by atoms with Gasteiger partial charge in [-0.15, -0.1) is 0 Å². The van der Waals surface area contributed by atoms with Gasteiger partial charge in [0.15, 0.2) is 0 Å². The van der Waals surface area contributed by atoms with E-state index in [9.17, 15) is 9.59 Å². The lowest BCUT2D eigenvalue weighted by Gasteiger charge is -2.18. The smallest absolute Gasteiger partial charge is 0.284 e. The van der Waals surface area contributed by atoms with Crippen LogP contribution in [0.4, 0.5) is 0 Å². The van der Waals surface area contributed by atoms with Gasteiger partial charge in [-0.1, -0.05) is 0 Å². The molecule has 0 unspecified atom stereocenters. The zero-order valence-corrected chi connectivity index (χ0v) is 6.67. The minimum Gasteiger partial charge on any atom is -0.284 e. The number of allylic oxidation sites excluding steroid dienone is 1. The summed E-state index contributed by atoms with van der Waals surface area (Å²) in [5.74, 6) is -1.06. The van der Waals surface area contributed by atoms with E-state index in [4.69, 9.17) is 0 Å². The molecule has 1 saturated carbocycles. The quantitative estimate of drug-likeness (QED) is 0.501. The molecule has 1 aliphatic carbocycles. The van der Waals surface area contributed by atoms with Gasteiger partial charge in [0.2, 0.25) is 5.78 Å². The van der Waals surface area contributed by atoms with Crippen molar-refractivity contribution in [3.8, 4) is 0 Å². The Labute approximate surface area is 70.2 Å². The average Bonchev–Trinajstić information content (AvgIpc) is 2.07. The summed E-state index contributed by atoms with van der Waals surface area (Å²) in [6.07, 6.45) is 5.39. The molecule has 0 bridgehead atoms. The summed E-state index contributed by atoms with van der Waals surface area (Å²) in [5.41, 5.74) is 1.82. The highest BCUT2D eigenvalue weighted by Crippen LogP contribution is 2.23. The fourth-order valence-corrected chi connectivity index (χ4v) is 1.59. The van der Waals surface area contributed by atoms with Crippen LogP contribution in [0, 0.1) is 0 Å². The van der Waals surface area contributed by atoms with Crippen molar-refractivity contribution in [3.05, 3.63) is 11.6 Å². The van der Waals surface area contributed by atoms with Crippen molar-refractivity contribution >= 4 is 17.4 Å². The summed E-state index contributed by atoms with van der Waals surface area (Å²) in [7, 11) is 0. The Morgan fingerprint density at radius 3 is 2.75 bits per heavy atom. The monoisotopic (exact) mass is 163 g/mol. The average molecular weight is 163 g/mol. The Hall–Kier alpha value is -1.25. The third-order valence-corrected chi connectivity index (χ3v) is 2.23. The molecule has 0 aromatic heterocycles. The van der Waals surface area contributed by atoms with Gasteiger partial charge in [-0.3, -0.25) is 9.59 Å². The maximum Gasteiger partial charge on any atom is 0.317 e. The zero-order valence-electron chi connectivity index (χ0n) is 6.67. The number of ketones is 1. The molecule has 3 heteroatoms. The molecule has 2 aliphatic rings. The molecule has 3 nitrogen and oxygen atoms in total. The van der Waals surface area contributed by atoms with Crippen molar-refractivity contribution in [3.63, 3.8) is 0 Å². The van der Waals surface area contributed by atoms with Crippen LogP contribution in [-0.4, -0.2) is 17.4 Å². The van der Waals surface area contributed by atoms with Gasteiger partial charge in [-0.25, -0.2) is 4.99 Å². The lowest BCUT2D eigenvalue weighted by Crippen LogP contribution is -2.22. The molecule has 1 amide bonds. The van der Waals surface area contributed by atoms with Crippen LogP contribution in [0.5, 0.6) is 0 Å². The van der Waals surface area contributed by atoms with Gasteiger partial charge in [0.1, 0.15) is 0 Å². The second-order valence-corrected chi connectivity index (χ2v) is 3.10. The van der Waals surface area contributed by atoms with E-state index in [0.29, 0.717) is 0 Å². The minimum atomic E-state index is -0.601. The number of carbonyl (C=O) groups is 2. The number of fused-ring (bicyclic) bond motifs is 1. The molecule has 2 rings (SSSR count). The van der Waals surface area contributed by atoms with Crippen LogP contribution >= 0.6 is 0 Å². The van der Waals surface area contributed by atoms with Crippen LogP contribution in [-0.2, 0) is 9.59 Å². The van der Waals surface area contributed by atoms with Gasteiger partial charge in [0.05, 0.1) is 0 Å². The minimum absolute atomic E-state index is 0.462. The van der Waals surface area contributed by atoms with Crippen molar-refractivity contribution in [2.75, 3.05) is 0 Å². The van der Waals surface area contributed by atoms with E-state index < -0.39 is 11.7 Å². The van der Waals surface area contributed by atoms with Crippen molar-refractivity contribution in [1.29, 1.82) is 0 Å². The molecular weight excluding hydrogens is 154 g/mol.